The van der Waals surface area contributed by atoms with Gasteiger partial charge in [-0.25, -0.2) is 4.98 Å². The summed E-state index contributed by atoms with van der Waals surface area (Å²) < 4.78 is 137. The Morgan fingerprint density at radius 2 is 2.04 bits per heavy atom. The first kappa shape index (κ1) is 7.59. The molecule has 0 fully saturated rings. The third-order valence-corrected chi connectivity index (χ3v) is 3.46. The van der Waals surface area contributed by atoms with E-state index in [0.717, 1.165) is 0 Å². The van der Waals surface area contributed by atoms with Gasteiger partial charge in [0.05, 0.1) is 33.2 Å². The Hall–Kier alpha value is -2.74. The molecule has 0 aliphatic carbocycles. The highest BCUT2D eigenvalue weighted by Crippen LogP contribution is 2.14. The maximum absolute atomic E-state index is 12.8. The summed E-state index contributed by atoms with van der Waals surface area (Å²) >= 11 is 0.580. The summed E-state index contributed by atoms with van der Waals surface area (Å²) in [5.41, 5.74) is 1.83. The molecule has 3 rings (SSSR count). The predicted molar refractivity (Wildman–Crippen MR) is 113 cm³/mol. The monoisotopic (exact) mass is 413 g/mol. The molecular formula is C21H24N4O2S. The first-order chi connectivity index (χ1) is 20.3. The maximum Gasteiger partial charge on any atom is 0.230 e. The number of benzene rings is 2. The molecule has 0 radical (unpaired) electrons. The summed E-state index contributed by atoms with van der Waals surface area (Å²) in [5.74, 6) is -1.53. The van der Waals surface area contributed by atoms with E-state index in [4.69, 9.17) is 29.0 Å². The number of aliphatic hydroxyl groups is 1. The van der Waals surface area contributed by atoms with Gasteiger partial charge in [0.2, 0.25) is 5.91 Å². The number of nitrogens with two attached hydrogens (primary N) is 1. The molecule has 28 heavy (non-hydrogen) atoms. The van der Waals surface area contributed by atoms with Gasteiger partial charge in [-0.3, -0.25) is 4.79 Å². The van der Waals surface area contributed by atoms with Gasteiger partial charge in [0.15, 0.2) is 5.13 Å². The minimum Gasteiger partial charge on any atom is -0.387 e. The van der Waals surface area contributed by atoms with E-state index in [1.807, 2.05) is 10.6 Å². The van der Waals surface area contributed by atoms with Crippen molar-refractivity contribution in [2.24, 2.45) is 0 Å². The molecule has 5 N–H and O–H groups in total. The summed E-state index contributed by atoms with van der Waals surface area (Å²) in [4.78, 5) is 16.4. The van der Waals surface area contributed by atoms with Crippen molar-refractivity contribution in [3.8, 4) is 0 Å². The van der Waals surface area contributed by atoms with Crippen molar-refractivity contribution in [2.45, 2.75) is 18.8 Å². The zero-order valence-electron chi connectivity index (χ0n) is 31.0. The van der Waals surface area contributed by atoms with E-state index in [9.17, 15) is 9.90 Å². The van der Waals surface area contributed by atoms with Crippen LogP contribution in [0.25, 0.3) is 0 Å². The summed E-state index contributed by atoms with van der Waals surface area (Å²) in [6, 6.07) is -9.18. The van der Waals surface area contributed by atoms with Crippen molar-refractivity contribution in [3.05, 3.63) is 76.6 Å². The van der Waals surface area contributed by atoms with Crippen molar-refractivity contribution in [3.63, 3.8) is 0 Å². The van der Waals surface area contributed by atoms with Gasteiger partial charge in [0, 0.05) is 25.8 Å². The van der Waals surface area contributed by atoms with Crippen LogP contribution in [0.5, 0.6) is 0 Å². The number of nitrogens with one attached hydrogen (secondary N) is 2. The molecule has 1 aromatic heterocycles. The fourth-order valence-corrected chi connectivity index (χ4v) is 2.15. The standard InChI is InChI=1S/C21H24N4O2S/c22-21-25-18(14-28-21)12-20(27)24-17-8-6-15(7-9-17)10-11-23-13-19(26)16-4-2-1-3-5-16/h1-9,14,19,23,26H,10-13H2,(H2,22,25)(H,24,27)/t19-/m0/s1/i1D,2D,3D,4D,5D,6D,7D,8D,9D,10D2,12D2,13D2,14D,19D. The van der Waals surface area contributed by atoms with Crippen LogP contribution in [0.4, 0.5) is 10.8 Å². The van der Waals surface area contributed by atoms with Gasteiger partial charge in [-0.2, -0.15) is 0 Å². The number of amides is 1. The van der Waals surface area contributed by atoms with Gasteiger partial charge in [-0.15, -0.1) is 11.3 Å². The van der Waals surface area contributed by atoms with Crippen molar-refractivity contribution < 1.29 is 33.2 Å². The molecular weight excluding hydrogens is 372 g/mol. The third kappa shape index (κ3) is 6.16. The second-order valence-electron chi connectivity index (χ2n) is 4.84. The Morgan fingerprint density at radius 1 is 1.29 bits per heavy atom. The minimum absolute atomic E-state index is 0.210. The van der Waals surface area contributed by atoms with Crippen molar-refractivity contribution in [2.75, 3.05) is 24.1 Å². The van der Waals surface area contributed by atoms with Crippen LogP contribution in [0.3, 0.4) is 0 Å². The van der Waals surface area contributed by atoms with Crippen molar-refractivity contribution in [1.82, 2.24) is 10.3 Å². The summed E-state index contributed by atoms with van der Waals surface area (Å²) in [7, 11) is 0. The number of nitrogens with zero attached hydrogens (tertiary/aromatic N) is 1. The molecule has 0 aliphatic rings. The Kier molecular flexibility index (Phi) is 2.71. The first-order valence-corrected chi connectivity index (χ1v) is 8.35. The zero-order valence-corrected chi connectivity index (χ0v) is 14.8. The summed E-state index contributed by atoms with van der Waals surface area (Å²) in [5, 5.41) is 13.9. The largest absolute Gasteiger partial charge is 0.387 e. The van der Waals surface area contributed by atoms with Gasteiger partial charge in [0.25, 0.3) is 0 Å². The van der Waals surface area contributed by atoms with E-state index >= 15 is 0 Å². The van der Waals surface area contributed by atoms with Crippen LogP contribution in [-0.2, 0) is 17.5 Å². The summed E-state index contributed by atoms with van der Waals surface area (Å²) in [6.45, 7) is -4.69. The molecule has 0 spiro atoms. The number of hydrogen-bond donors (Lipinski definition) is 4. The molecule has 1 heterocycles. The molecule has 0 unspecified atom stereocenters. The van der Waals surface area contributed by atoms with Gasteiger partial charge in [-0.1, -0.05) is 42.3 Å². The number of hydrogen-bond acceptors (Lipinski definition) is 6. The van der Waals surface area contributed by atoms with Crippen molar-refractivity contribution in [1.29, 1.82) is 0 Å². The lowest BCUT2D eigenvalue weighted by molar-refractivity contribution is -0.115. The average Bonchev–Trinajstić information content (AvgIpc) is 3.29. The lowest BCUT2D eigenvalue weighted by Crippen LogP contribution is -2.23. The molecule has 2 aromatic carbocycles. The van der Waals surface area contributed by atoms with Gasteiger partial charge < -0.3 is 21.5 Å². The van der Waals surface area contributed by atoms with Gasteiger partial charge in [-0.05, 0) is 36.1 Å². The van der Waals surface area contributed by atoms with Crippen LogP contribution in [0.15, 0.2) is 59.7 Å². The van der Waals surface area contributed by atoms with E-state index in [1.165, 1.54) is 0 Å². The highest BCUT2D eigenvalue weighted by Gasteiger charge is 2.08. The molecule has 0 aliphatic heterocycles. The molecule has 146 valence electrons. The molecule has 6 nitrogen and oxygen atoms in total. The highest BCUT2D eigenvalue weighted by atomic mass is 32.1. The fourth-order valence-electron chi connectivity index (χ4n) is 1.72. The van der Waals surface area contributed by atoms with E-state index < -0.39 is 120 Å². The van der Waals surface area contributed by atoms with Gasteiger partial charge in [0.1, 0.15) is 0 Å². The maximum atomic E-state index is 12.8. The zero-order chi connectivity index (χ0) is 34.8. The number of rotatable bonds is 9. The Bertz CT molecular complexity index is 1640. The Balaban J connectivity index is 1.97. The van der Waals surface area contributed by atoms with Crippen molar-refractivity contribution >= 4 is 28.1 Å². The molecule has 0 saturated heterocycles. The number of anilines is 2. The number of aromatic nitrogens is 1. The van der Waals surface area contributed by atoms with Crippen LogP contribution in [0, 0.1) is 0 Å². The third-order valence-electron chi connectivity index (χ3n) is 2.87. The van der Waals surface area contributed by atoms with E-state index in [0.29, 0.717) is 11.3 Å². The molecule has 0 bridgehead atoms. The Labute approximate surface area is 192 Å². The van der Waals surface area contributed by atoms with E-state index in [1.54, 1.807) is 0 Å². The predicted octanol–water partition coefficient (Wildman–Crippen LogP) is 2.77. The van der Waals surface area contributed by atoms with Crippen LogP contribution in [0.2, 0.25) is 0 Å². The van der Waals surface area contributed by atoms with Crippen LogP contribution in [-0.4, -0.2) is 29.0 Å². The Morgan fingerprint density at radius 3 is 2.71 bits per heavy atom. The number of carbonyl (C=O) groups is 1. The topological polar surface area (TPSA) is 100 Å². The molecule has 7 heteroatoms. The van der Waals surface area contributed by atoms with E-state index in [-0.39, 0.29) is 5.13 Å². The van der Waals surface area contributed by atoms with Crippen LogP contribution in [0.1, 0.15) is 46.2 Å². The van der Waals surface area contributed by atoms with E-state index in [2.05, 4.69) is 4.98 Å². The minimum atomic E-state index is -3.61. The highest BCUT2D eigenvalue weighted by molar-refractivity contribution is 7.13. The van der Waals surface area contributed by atoms with Crippen LogP contribution < -0.4 is 16.4 Å². The fraction of sp³-hybridized carbons (Fsp3) is 0.238. The molecule has 1 atom stereocenters. The molecule has 0 saturated carbocycles. The first-order valence-electron chi connectivity index (χ1n) is 16.0. The second kappa shape index (κ2) is 9.98. The molecule has 1 amide bonds. The summed E-state index contributed by atoms with van der Waals surface area (Å²) in [6.07, 6.45) is -9.62. The lowest BCUT2D eigenvalue weighted by atomic mass is 10.1. The SMILES string of the molecule is [2H]c1sc(N)nc1C([2H])([2H])C(=O)Nc1c([2H])c([2H])c(C([2H])([2H])CNC([2H])([2H])[C@]([2H])(O)c2c([2H])c([2H])c([2H])c([2H])c2[2H])c([2H])c1[2H]. The van der Waals surface area contributed by atoms with Gasteiger partial charge >= 0.3 is 0 Å². The quantitative estimate of drug-likeness (QED) is 0.432. The lowest BCUT2D eigenvalue weighted by Gasteiger charge is -2.12. The smallest absolute Gasteiger partial charge is 0.230 e. The number of carbonyl (C=O) groups excluding carboxylic acids is 1. The molecule has 3 aromatic rings. The second-order valence-corrected chi connectivity index (χ2v) is 5.66. The normalized spacial score (nSPS) is 23.2. The number of thiazole rings is 1. The number of nitrogen functional groups attached to an aromatic ring is 1. The van der Waals surface area contributed by atoms with Crippen LogP contribution >= 0.6 is 11.3 Å². The average molecular weight is 414 g/mol.